The number of halogens is 3. The van der Waals surface area contributed by atoms with Crippen molar-refractivity contribution in [1.82, 2.24) is 4.98 Å². The molecule has 0 fully saturated rings. The Hall–Kier alpha value is -1.04. The molecule has 0 saturated carbocycles. The van der Waals surface area contributed by atoms with Crippen molar-refractivity contribution in [3.8, 4) is 0 Å². The van der Waals surface area contributed by atoms with Gasteiger partial charge in [-0.15, -0.1) is 0 Å². The third-order valence-corrected chi connectivity index (χ3v) is 2.33. The van der Waals surface area contributed by atoms with Crippen LogP contribution in [0.4, 0.5) is 14.5 Å². The molecule has 0 spiro atoms. The van der Waals surface area contributed by atoms with Gasteiger partial charge in [0.1, 0.15) is 5.69 Å². The highest BCUT2D eigenvalue weighted by Gasteiger charge is 2.17. The van der Waals surface area contributed by atoms with Gasteiger partial charge in [0.25, 0.3) is 6.43 Å². The van der Waals surface area contributed by atoms with E-state index in [1.54, 1.807) is 0 Å². The van der Waals surface area contributed by atoms with Crippen LogP contribution in [-0.4, -0.2) is 11.3 Å². The molecule has 0 aliphatic heterocycles. The Bertz CT molecular complexity index is 357. The summed E-state index contributed by atoms with van der Waals surface area (Å²) in [6.07, 6.45) is -1.26. The average molecular weight is 265 g/mol. The minimum absolute atomic E-state index is 0.0750. The maximum absolute atomic E-state index is 12.4. The molecule has 0 aliphatic rings. The number of aldehydes is 1. The lowest BCUT2D eigenvalue weighted by Gasteiger charge is -2.09. The van der Waals surface area contributed by atoms with Gasteiger partial charge in [-0.2, -0.15) is 0 Å². The summed E-state index contributed by atoms with van der Waals surface area (Å²) in [7, 11) is 0. The van der Waals surface area contributed by atoms with Crippen molar-refractivity contribution in [3.05, 3.63) is 23.0 Å². The summed E-state index contributed by atoms with van der Waals surface area (Å²) in [6.45, 7) is 0. The number of nitrogens with two attached hydrogens (primary N) is 1. The third-order valence-electron chi connectivity index (χ3n) is 1.77. The van der Waals surface area contributed by atoms with Crippen LogP contribution in [0.5, 0.6) is 0 Å². The summed E-state index contributed by atoms with van der Waals surface area (Å²) in [4.78, 5) is 14.1. The van der Waals surface area contributed by atoms with Crippen LogP contribution in [-0.2, 0) is 5.33 Å². The van der Waals surface area contributed by atoms with E-state index in [9.17, 15) is 13.6 Å². The van der Waals surface area contributed by atoms with Crippen molar-refractivity contribution in [2.24, 2.45) is 0 Å². The molecule has 1 aromatic rings. The van der Waals surface area contributed by atoms with Crippen LogP contribution in [0.3, 0.4) is 0 Å². The quantitative estimate of drug-likeness (QED) is 0.674. The fourth-order valence-corrected chi connectivity index (χ4v) is 1.60. The van der Waals surface area contributed by atoms with E-state index in [2.05, 4.69) is 20.9 Å². The first-order valence-corrected chi connectivity index (χ1v) is 4.80. The lowest BCUT2D eigenvalue weighted by molar-refractivity contribution is 0.111. The molecule has 3 nitrogen and oxygen atoms in total. The standard InChI is InChI=1S/C8H7BrF2N2O/c9-1-4-6(3-14)13-2-5(7(4)12)8(10)11/h2-3,8H,1H2,(H2,12,13). The normalized spacial score (nSPS) is 10.6. The Morgan fingerprint density at radius 2 is 2.29 bits per heavy atom. The van der Waals surface area contributed by atoms with Gasteiger partial charge in [0.2, 0.25) is 0 Å². The van der Waals surface area contributed by atoms with Gasteiger partial charge in [-0.05, 0) is 0 Å². The molecule has 0 atom stereocenters. The molecule has 2 N–H and O–H groups in total. The van der Waals surface area contributed by atoms with Crippen molar-refractivity contribution < 1.29 is 13.6 Å². The summed E-state index contributed by atoms with van der Waals surface area (Å²) >= 11 is 3.06. The number of nitrogens with zero attached hydrogens (tertiary/aromatic N) is 1. The number of aromatic nitrogens is 1. The number of hydrogen-bond donors (Lipinski definition) is 1. The minimum Gasteiger partial charge on any atom is -0.398 e. The van der Waals surface area contributed by atoms with Crippen molar-refractivity contribution >= 4 is 27.9 Å². The highest BCUT2D eigenvalue weighted by molar-refractivity contribution is 9.08. The second-order valence-electron chi connectivity index (χ2n) is 2.54. The van der Waals surface area contributed by atoms with Crippen LogP contribution in [0, 0.1) is 0 Å². The van der Waals surface area contributed by atoms with Crippen LogP contribution in [0.15, 0.2) is 6.20 Å². The van der Waals surface area contributed by atoms with Gasteiger partial charge < -0.3 is 5.73 Å². The molecular weight excluding hydrogens is 258 g/mol. The SMILES string of the molecule is Nc1c(C(F)F)cnc(C=O)c1CBr. The summed E-state index contributed by atoms with van der Waals surface area (Å²) < 4.78 is 24.7. The molecule has 0 radical (unpaired) electrons. The molecular formula is C8H7BrF2N2O. The second-order valence-corrected chi connectivity index (χ2v) is 3.10. The van der Waals surface area contributed by atoms with E-state index < -0.39 is 6.43 Å². The van der Waals surface area contributed by atoms with Gasteiger partial charge in [0.05, 0.1) is 5.56 Å². The number of hydrogen-bond acceptors (Lipinski definition) is 3. The van der Waals surface area contributed by atoms with Gasteiger partial charge in [0.15, 0.2) is 6.29 Å². The summed E-state index contributed by atoms with van der Waals surface area (Å²) in [6, 6.07) is 0. The number of carbonyl (C=O) groups is 1. The van der Waals surface area contributed by atoms with Crippen molar-refractivity contribution in [1.29, 1.82) is 0 Å². The molecule has 0 unspecified atom stereocenters. The van der Waals surface area contributed by atoms with Crippen molar-refractivity contribution in [2.45, 2.75) is 11.8 Å². The molecule has 14 heavy (non-hydrogen) atoms. The van der Waals surface area contributed by atoms with Crippen LogP contribution >= 0.6 is 15.9 Å². The molecule has 0 saturated heterocycles. The summed E-state index contributed by atoms with van der Waals surface area (Å²) in [5, 5.41) is 0.223. The fourth-order valence-electron chi connectivity index (χ4n) is 1.01. The Morgan fingerprint density at radius 3 is 2.71 bits per heavy atom. The van der Waals surface area contributed by atoms with Gasteiger partial charge in [-0.1, -0.05) is 15.9 Å². The van der Waals surface area contributed by atoms with Gasteiger partial charge in [-0.25, -0.2) is 8.78 Å². The molecule has 6 heteroatoms. The topological polar surface area (TPSA) is 56.0 Å². The molecule has 76 valence electrons. The van der Waals surface area contributed by atoms with Gasteiger partial charge >= 0.3 is 0 Å². The Morgan fingerprint density at radius 1 is 1.64 bits per heavy atom. The monoisotopic (exact) mass is 264 g/mol. The average Bonchev–Trinajstić information content (AvgIpc) is 2.16. The van der Waals surface area contributed by atoms with E-state index in [1.165, 1.54) is 0 Å². The highest BCUT2D eigenvalue weighted by Crippen LogP contribution is 2.29. The van der Waals surface area contributed by atoms with E-state index in [-0.39, 0.29) is 22.3 Å². The Kier molecular flexibility index (Phi) is 3.51. The number of carbonyl (C=O) groups excluding carboxylic acids is 1. The summed E-state index contributed by atoms with van der Waals surface area (Å²) in [5.41, 5.74) is 5.44. The van der Waals surface area contributed by atoms with Gasteiger partial charge in [0, 0.05) is 22.8 Å². The predicted molar refractivity (Wildman–Crippen MR) is 51.6 cm³/mol. The molecule has 1 heterocycles. The zero-order valence-electron chi connectivity index (χ0n) is 7.01. The number of alkyl halides is 3. The van der Waals surface area contributed by atoms with E-state index in [1.807, 2.05) is 0 Å². The predicted octanol–water partition coefficient (Wildman–Crippen LogP) is 2.31. The first-order chi connectivity index (χ1) is 6.61. The van der Waals surface area contributed by atoms with Crippen LogP contribution in [0.2, 0.25) is 0 Å². The fraction of sp³-hybridized carbons (Fsp3) is 0.250. The number of rotatable bonds is 3. The van der Waals surface area contributed by atoms with E-state index >= 15 is 0 Å². The van der Waals surface area contributed by atoms with Crippen molar-refractivity contribution in [3.63, 3.8) is 0 Å². The minimum atomic E-state index is -2.68. The summed E-state index contributed by atoms with van der Waals surface area (Å²) in [5.74, 6) is 0. The zero-order chi connectivity index (χ0) is 10.7. The Balaban J connectivity index is 3.34. The maximum Gasteiger partial charge on any atom is 0.267 e. The number of anilines is 1. The zero-order valence-corrected chi connectivity index (χ0v) is 8.59. The first-order valence-electron chi connectivity index (χ1n) is 3.68. The van der Waals surface area contributed by atoms with E-state index in [0.29, 0.717) is 11.8 Å². The molecule has 0 amide bonds. The van der Waals surface area contributed by atoms with E-state index in [4.69, 9.17) is 5.73 Å². The molecule has 0 aromatic carbocycles. The Labute approximate surface area is 87.4 Å². The molecule has 0 aliphatic carbocycles. The van der Waals surface area contributed by atoms with E-state index in [0.717, 1.165) is 6.20 Å². The second kappa shape index (κ2) is 4.45. The van der Waals surface area contributed by atoms with Gasteiger partial charge in [-0.3, -0.25) is 9.78 Å². The largest absolute Gasteiger partial charge is 0.398 e. The smallest absolute Gasteiger partial charge is 0.267 e. The van der Waals surface area contributed by atoms with Crippen LogP contribution < -0.4 is 5.73 Å². The molecule has 0 bridgehead atoms. The molecule has 1 aromatic heterocycles. The van der Waals surface area contributed by atoms with Crippen LogP contribution in [0.1, 0.15) is 28.0 Å². The van der Waals surface area contributed by atoms with Crippen molar-refractivity contribution in [2.75, 3.05) is 5.73 Å². The number of pyridine rings is 1. The van der Waals surface area contributed by atoms with Crippen LogP contribution in [0.25, 0.3) is 0 Å². The third kappa shape index (κ3) is 1.89. The lowest BCUT2D eigenvalue weighted by atomic mass is 10.1. The lowest BCUT2D eigenvalue weighted by Crippen LogP contribution is -2.05. The maximum atomic E-state index is 12.4. The number of nitrogen functional groups attached to an aromatic ring is 1. The first kappa shape index (κ1) is 11.0. The molecule has 1 rings (SSSR count). The highest BCUT2D eigenvalue weighted by atomic mass is 79.9.